The smallest absolute Gasteiger partial charge is 0.226 e. The maximum absolute atomic E-state index is 12.6. The van der Waals surface area contributed by atoms with E-state index in [1.165, 1.54) is 11.3 Å². The molecule has 26 heavy (non-hydrogen) atoms. The third kappa shape index (κ3) is 2.73. The SMILES string of the molecule is C[C@H]1C[C@H](NC(=O)Cc2nn(C)c3ccccc23)c2ccsc2S1(=O)=O. The van der Waals surface area contributed by atoms with Crippen LogP contribution in [0.2, 0.25) is 0 Å². The van der Waals surface area contributed by atoms with Crippen molar-refractivity contribution in [2.24, 2.45) is 7.05 Å². The highest BCUT2D eigenvalue weighted by Gasteiger charge is 2.37. The minimum Gasteiger partial charge on any atom is -0.349 e. The van der Waals surface area contributed by atoms with Gasteiger partial charge in [0.15, 0.2) is 9.84 Å². The monoisotopic (exact) mass is 389 g/mol. The Balaban J connectivity index is 1.57. The van der Waals surface area contributed by atoms with Crippen molar-refractivity contribution in [3.63, 3.8) is 0 Å². The first-order chi connectivity index (χ1) is 12.4. The molecule has 4 rings (SSSR count). The Morgan fingerprint density at radius 3 is 2.92 bits per heavy atom. The highest BCUT2D eigenvalue weighted by atomic mass is 32.2. The summed E-state index contributed by atoms with van der Waals surface area (Å²) in [6.45, 7) is 1.70. The van der Waals surface area contributed by atoms with Gasteiger partial charge in [0.05, 0.1) is 28.9 Å². The third-order valence-corrected chi connectivity index (χ3v) is 8.60. The van der Waals surface area contributed by atoms with Crippen molar-refractivity contribution >= 4 is 38.0 Å². The van der Waals surface area contributed by atoms with Crippen molar-refractivity contribution in [2.45, 2.75) is 35.3 Å². The molecular formula is C18H19N3O3S2. The largest absolute Gasteiger partial charge is 0.349 e. The van der Waals surface area contributed by atoms with Crippen LogP contribution in [-0.4, -0.2) is 29.4 Å². The number of nitrogens with zero attached hydrogens (tertiary/aromatic N) is 2. The van der Waals surface area contributed by atoms with Gasteiger partial charge in [0.1, 0.15) is 4.21 Å². The summed E-state index contributed by atoms with van der Waals surface area (Å²) >= 11 is 1.22. The Bertz CT molecular complexity index is 1100. The van der Waals surface area contributed by atoms with Crippen molar-refractivity contribution in [3.8, 4) is 0 Å². The quantitative estimate of drug-likeness (QED) is 0.747. The number of aryl methyl sites for hydroxylation is 1. The number of para-hydroxylation sites is 1. The molecule has 3 heterocycles. The van der Waals surface area contributed by atoms with E-state index in [1.807, 2.05) is 31.3 Å². The summed E-state index contributed by atoms with van der Waals surface area (Å²) in [6, 6.07) is 9.31. The first-order valence-electron chi connectivity index (χ1n) is 8.39. The molecule has 2 atom stereocenters. The van der Waals surface area contributed by atoms with E-state index in [-0.39, 0.29) is 18.4 Å². The Labute approximate surface area is 155 Å². The fourth-order valence-corrected chi connectivity index (χ4v) is 6.75. The van der Waals surface area contributed by atoms with Gasteiger partial charge in [-0.05, 0) is 30.9 Å². The summed E-state index contributed by atoms with van der Waals surface area (Å²) in [6.07, 6.45) is 0.555. The van der Waals surface area contributed by atoms with Gasteiger partial charge in [0.25, 0.3) is 0 Å². The van der Waals surface area contributed by atoms with E-state index in [9.17, 15) is 13.2 Å². The Hall–Kier alpha value is -2.19. The highest BCUT2D eigenvalue weighted by molar-refractivity contribution is 7.94. The van der Waals surface area contributed by atoms with Gasteiger partial charge in [0, 0.05) is 18.0 Å². The molecule has 0 aliphatic carbocycles. The minimum absolute atomic E-state index is 0.150. The molecular weight excluding hydrogens is 370 g/mol. The van der Waals surface area contributed by atoms with Gasteiger partial charge in [-0.15, -0.1) is 11.3 Å². The van der Waals surface area contributed by atoms with E-state index in [4.69, 9.17) is 0 Å². The summed E-state index contributed by atoms with van der Waals surface area (Å²) < 4.78 is 27.0. The lowest BCUT2D eigenvalue weighted by Crippen LogP contribution is -2.37. The fraction of sp³-hybridized carbons (Fsp3) is 0.333. The van der Waals surface area contributed by atoms with Crippen molar-refractivity contribution < 1.29 is 13.2 Å². The standard InChI is InChI=1S/C18H19N3O3S2/c1-11-9-14(13-7-8-25-18(13)26(11,23)24)19-17(22)10-15-12-5-3-4-6-16(12)21(2)20-15/h3-8,11,14H,9-10H2,1-2H3,(H,19,22)/t11-,14-/m0/s1. The molecule has 1 amide bonds. The van der Waals surface area contributed by atoms with E-state index in [0.29, 0.717) is 16.2 Å². The number of aromatic nitrogens is 2. The molecule has 8 heteroatoms. The lowest BCUT2D eigenvalue weighted by atomic mass is 10.0. The third-order valence-electron chi connectivity index (χ3n) is 4.89. The number of hydrogen-bond donors (Lipinski definition) is 1. The van der Waals surface area contributed by atoms with E-state index < -0.39 is 15.1 Å². The van der Waals surface area contributed by atoms with Crippen LogP contribution >= 0.6 is 11.3 Å². The normalized spacial score (nSPS) is 21.5. The maximum atomic E-state index is 12.6. The van der Waals surface area contributed by atoms with Gasteiger partial charge >= 0.3 is 0 Å². The van der Waals surface area contributed by atoms with Crippen LogP contribution in [0.25, 0.3) is 10.9 Å². The Morgan fingerprint density at radius 1 is 1.35 bits per heavy atom. The van der Waals surface area contributed by atoms with Crippen LogP contribution in [0.4, 0.5) is 0 Å². The van der Waals surface area contributed by atoms with Crippen LogP contribution < -0.4 is 5.32 Å². The Morgan fingerprint density at radius 2 is 2.12 bits per heavy atom. The summed E-state index contributed by atoms with van der Waals surface area (Å²) in [7, 11) is -1.42. The van der Waals surface area contributed by atoms with Crippen LogP contribution in [0.5, 0.6) is 0 Å². The minimum atomic E-state index is -3.28. The van der Waals surface area contributed by atoms with Crippen molar-refractivity contribution in [2.75, 3.05) is 0 Å². The number of benzene rings is 1. The van der Waals surface area contributed by atoms with E-state index in [0.717, 1.165) is 16.6 Å². The van der Waals surface area contributed by atoms with Crippen LogP contribution in [0, 0.1) is 0 Å². The second-order valence-corrected chi connectivity index (χ2v) is 10.1. The number of sulfone groups is 1. The number of fused-ring (bicyclic) bond motifs is 2. The number of hydrogen-bond acceptors (Lipinski definition) is 5. The summed E-state index contributed by atoms with van der Waals surface area (Å²) in [5, 5.41) is 9.69. The number of nitrogens with one attached hydrogen (secondary N) is 1. The van der Waals surface area contributed by atoms with Crippen LogP contribution in [0.1, 0.15) is 30.6 Å². The van der Waals surface area contributed by atoms with Gasteiger partial charge < -0.3 is 5.32 Å². The average molecular weight is 390 g/mol. The second kappa shape index (κ2) is 6.21. The maximum Gasteiger partial charge on any atom is 0.226 e. The first kappa shape index (κ1) is 17.2. The zero-order chi connectivity index (χ0) is 18.5. The number of rotatable bonds is 3. The predicted octanol–water partition coefficient (Wildman–Crippen LogP) is 2.60. The molecule has 0 saturated heterocycles. The van der Waals surface area contributed by atoms with E-state index in [1.54, 1.807) is 23.1 Å². The lowest BCUT2D eigenvalue weighted by Gasteiger charge is -2.27. The molecule has 136 valence electrons. The highest BCUT2D eigenvalue weighted by Crippen LogP contribution is 2.39. The molecule has 1 N–H and O–H groups in total. The number of carbonyl (C=O) groups excluding carboxylic acids is 1. The molecule has 0 bridgehead atoms. The average Bonchev–Trinajstić information content (AvgIpc) is 3.20. The molecule has 0 saturated carbocycles. The molecule has 2 aromatic heterocycles. The van der Waals surface area contributed by atoms with Crippen molar-refractivity contribution in [1.29, 1.82) is 0 Å². The molecule has 1 aliphatic rings. The molecule has 1 aromatic carbocycles. The van der Waals surface area contributed by atoms with Gasteiger partial charge in [-0.25, -0.2) is 8.42 Å². The van der Waals surface area contributed by atoms with Gasteiger partial charge in [-0.1, -0.05) is 18.2 Å². The summed E-state index contributed by atoms with van der Waals surface area (Å²) in [4.78, 5) is 12.6. The van der Waals surface area contributed by atoms with Crippen molar-refractivity contribution in [3.05, 3.63) is 47.0 Å². The number of amides is 1. The van der Waals surface area contributed by atoms with E-state index >= 15 is 0 Å². The van der Waals surface area contributed by atoms with Gasteiger partial charge in [-0.3, -0.25) is 9.48 Å². The topological polar surface area (TPSA) is 81.1 Å². The summed E-state index contributed by atoms with van der Waals surface area (Å²) in [5.41, 5.74) is 2.41. The predicted molar refractivity (Wildman–Crippen MR) is 101 cm³/mol. The molecule has 0 radical (unpaired) electrons. The fourth-order valence-electron chi connectivity index (χ4n) is 3.52. The molecule has 0 fully saturated rings. The second-order valence-electron chi connectivity index (χ2n) is 6.64. The van der Waals surface area contributed by atoms with E-state index in [2.05, 4.69) is 10.4 Å². The molecule has 3 aromatic rings. The number of thiophene rings is 1. The lowest BCUT2D eigenvalue weighted by molar-refractivity contribution is -0.121. The number of carbonyl (C=O) groups is 1. The molecule has 0 spiro atoms. The van der Waals surface area contributed by atoms with Crippen LogP contribution in [-0.2, 0) is 28.1 Å². The zero-order valence-corrected chi connectivity index (χ0v) is 16.1. The molecule has 1 aliphatic heterocycles. The van der Waals surface area contributed by atoms with Crippen LogP contribution in [0.3, 0.4) is 0 Å². The van der Waals surface area contributed by atoms with Gasteiger partial charge in [-0.2, -0.15) is 5.10 Å². The molecule has 0 unspecified atom stereocenters. The zero-order valence-electron chi connectivity index (χ0n) is 14.5. The Kier molecular flexibility index (Phi) is 4.11. The van der Waals surface area contributed by atoms with Crippen molar-refractivity contribution in [1.82, 2.24) is 15.1 Å². The molecule has 6 nitrogen and oxygen atoms in total. The van der Waals surface area contributed by atoms with Gasteiger partial charge in [0.2, 0.25) is 5.91 Å². The first-order valence-corrected chi connectivity index (χ1v) is 10.8. The summed E-state index contributed by atoms with van der Waals surface area (Å²) in [5.74, 6) is -0.150. The van der Waals surface area contributed by atoms with Crippen LogP contribution in [0.15, 0.2) is 39.9 Å².